The number of carbonyl (C=O) groups excluding carboxylic acids is 2. The Bertz CT molecular complexity index is 1070. The van der Waals surface area contributed by atoms with E-state index in [1.807, 2.05) is 18.2 Å². The summed E-state index contributed by atoms with van der Waals surface area (Å²) in [5, 5.41) is 15.7. The van der Waals surface area contributed by atoms with Gasteiger partial charge in [-0.25, -0.2) is 4.39 Å². The minimum absolute atomic E-state index is 0.0507. The van der Waals surface area contributed by atoms with E-state index in [9.17, 15) is 19.1 Å². The van der Waals surface area contributed by atoms with Crippen molar-refractivity contribution in [2.45, 2.75) is 62.9 Å². The average molecular weight is 469 g/mol. The molecule has 0 aromatic heterocycles. The maximum absolute atomic E-state index is 13.4. The number of fused-ring (bicyclic) bond motifs is 3. The molecule has 1 aliphatic carbocycles. The lowest BCUT2D eigenvalue weighted by atomic mass is 9.83. The van der Waals surface area contributed by atoms with Crippen molar-refractivity contribution in [3.05, 3.63) is 59.4 Å². The van der Waals surface area contributed by atoms with E-state index in [4.69, 9.17) is 9.47 Å². The topological polar surface area (TPSA) is 96.9 Å². The maximum Gasteiger partial charge on any atom is 0.227 e. The number of benzene rings is 2. The van der Waals surface area contributed by atoms with Crippen molar-refractivity contribution in [2.75, 3.05) is 11.9 Å². The quantitative estimate of drug-likeness (QED) is 0.580. The van der Waals surface area contributed by atoms with Crippen LogP contribution in [0.15, 0.2) is 42.5 Å². The lowest BCUT2D eigenvalue weighted by Gasteiger charge is -2.37. The first-order valence-corrected chi connectivity index (χ1v) is 11.9. The summed E-state index contributed by atoms with van der Waals surface area (Å²) >= 11 is 0. The first-order chi connectivity index (χ1) is 16.5. The molecular formula is C26H29FN2O5. The molecule has 2 aromatic carbocycles. The van der Waals surface area contributed by atoms with Crippen molar-refractivity contribution in [3.8, 4) is 5.75 Å². The minimum atomic E-state index is -0.555. The number of ether oxygens (including phenoxy) is 2. The molecule has 7 nitrogen and oxygen atoms in total. The van der Waals surface area contributed by atoms with Crippen LogP contribution in [-0.4, -0.2) is 41.8 Å². The third kappa shape index (κ3) is 4.79. The van der Waals surface area contributed by atoms with Crippen LogP contribution in [0.2, 0.25) is 0 Å². The van der Waals surface area contributed by atoms with E-state index in [0.29, 0.717) is 12.0 Å². The SMILES string of the molecule is O=C(C[C@H]1C[C@@H]2c3cc(NC(=O)C4CCC4)ccc3O[C@@H]2[C@H](CO)O1)NCc1cccc(F)c1. The first-order valence-electron chi connectivity index (χ1n) is 11.9. The number of aliphatic hydroxyl groups excluding tert-OH is 1. The van der Waals surface area contributed by atoms with E-state index in [0.717, 1.165) is 36.3 Å². The van der Waals surface area contributed by atoms with Gasteiger partial charge in [-0.05, 0) is 55.2 Å². The zero-order valence-corrected chi connectivity index (χ0v) is 18.8. The van der Waals surface area contributed by atoms with Crippen molar-refractivity contribution in [2.24, 2.45) is 5.92 Å². The molecule has 3 N–H and O–H groups in total. The third-order valence-electron chi connectivity index (χ3n) is 7.03. The number of amides is 2. The smallest absolute Gasteiger partial charge is 0.227 e. The average Bonchev–Trinajstić information content (AvgIpc) is 3.14. The molecule has 0 spiro atoms. The van der Waals surface area contributed by atoms with Crippen LogP contribution >= 0.6 is 0 Å². The molecule has 4 atom stereocenters. The van der Waals surface area contributed by atoms with Gasteiger partial charge in [0.25, 0.3) is 0 Å². The van der Waals surface area contributed by atoms with Crippen LogP contribution in [0.4, 0.5) is 10.1 Å². The van der Waals surface area contributed by atoms with Gasteiger partial charge in [-0.15, -0.1) is 0 Å². The number of aliphatic hydroxyl groups is 1. The first kappa shape index (κ1) is 22.8. The highest BCUT2D eigenvalue weighted by Crippen LogP contribution is 2.47. The summed E-state index contributed by atoms with van der Waals surface area (Å²) < 4.78 is 25.5. The monoisotopic (exact) mass is 468 g/mol. The summed E-state index contributed by atoms with van der Waals surface area (Å²) in [5.74, 6) is 0.258. The normalized spacial score (nSPS) is 25.5. The second-order valence-electron chi connectivity index (χ2n) is 9.38. The van der Waals surface area contributed by atoms with Gasteiger partial charge in [0, 0.05) is 29.6 Å². The highest BCUT2D eigenvalue weighted by Gasteiger charge is 2.46. The highest BCUT2D eigenvalue weighted by molar-refractivity contribution is 5.93. The zero-order chi connectivity index (χ0) is 23.7. The number of hydrogen-bond acceptors (Lipinski definition) is 5. The summed E-state index contributed by atoms with van der Waals surface area (Å²) in [7, 11) is 0. The molecule has 2 aromatic rings. The van der Waals surface area contributed by atoms with E-state index in [1.54, 1.807) is 12.1 Å². The van der Waals surface area contributed by atoms with Crippen LogP contribution in [0.5, 0.6) is 5.75 Å². The van der Waals surface area contributed by atoms with Gasteiger partial charge < -0.3 is 25.2 Å². The molecule has 1 saturated heterocycles. The van der Waals surface area contributed by atoms with Crippen molar-refractivity contribution in [1.82, 2.24) is 5.32 Å². The van der Waals surface area contributed by atoms with Crippen molar-refractivity contribution < 1.29 is 28.6 Å². The molecular weight excluding hydrogens is 439 g/mol. The molecule has 2 heterocycles. The van der Waals surface area contributed by atoms with Crippen LogP contribution < -0.4 is 15.4 Å². The number of carbonyl (C=O) groups is 2. The van der Waals surface area contributed by atoms with E-state index in [1.165, 1.54) is 12.1 Å². The molecule has 5 rings (SSSR count). The molecule has 0 radical (unpaired) electrons. The minimum Gasteiger partial charge on any atom is -0.487 e. The Morgan fingerprint density at radius 3 is 2.74 bits per heavy atom. The highest BCUT2D eigenvalue weighted by atomic mass is 19.1. The van der Waals surface area contributed by atoms with Gasteiger partial charge in [0.2, 0.25) is 11.8 Å². The maximum atomic E-state index is 13.4. The van der Waals surface area contributed by atoms with Gasteiger partial charge in [0.05, 0.1) is 19.1 Å². The number of halogens is 1. The lowest BCUT2D eigenvalue weighted by Crippen LogP contribution is -2.47. The Balaban J connectivity index is 1.24. The van der Waals surface area contributed by atoms with Gasteiger partial charge >= 0.3 is 0 Å². The standard InChI is InChI=1S/C26H29FN2O5/c27-17-6-1-3-15(9-17)13-28-24(31)12-19-11-21-20-10-18(29-26(32)16-4-2-5-16)7-8-22(20)34-25(21)23(14-30)33-19/h1,3,6-10,16,19,21,23,25,30H,2,4-5,11-14H2,(H,28,31)(H,29,32)/t19-,21-,23+,25+/m1/s1. The third-order valence-corrected chi connectivity index (χ3v) is 7.03. The Labute approximate surface area is 197 Å². The van der Waals surface area contributed by atoms with Crippen LogP contribution in [0, 0.1) is 11.7 Å². The predicted molar refractivity (Wildman–Crippen MR) is 123 cm³/mol. The van der Waals surface area contributed by atoms with Crippen molar-refractivity contribution >= 4 is 17.5 Å². The van der Waals surface area contributed by atoms with Crippen molar-refractivity contribution in [3.63, 3.8) is 0 Å². The van der Waals surface area contributed by atoms with Gasteiger partial charge in [-0.1, -0.05) is 18.6 Å². The molecule has 8 heteroatoms. The Hall–Kier alpha value is -2.97. The van der Waals surface area contributed by atoms with Crippen LogP contribution in [0.1, 0.15) is 49.1 Å². The van der Waals surface area contributed by atoms with Crippen LogP contribution in [0.25, 0.3) is 0 Å². The number of hydrogen-bond donors (Lipinski definition) is 3. The lowest BCUT2D eigenvalue weighted by molar-refractivity contribution is -0.142. The van der Waals surface area contributed by atoms with Crippen molar-refractivity contribution in [1.29, 1.82) is 0 Å². The fourth-order valence-electron chi connectivity index (χ4n) is 5.01. The molecule has 1 saturated carbocycles. The fraction of sp³-hybridized carbons (Fsp3) is 0.462. The van der Waals surface area contributed by atoms with Crippen LogP contribution in [0.3, 0.4) is 0 Å². The van der Waals surface area contributed by atoms with E-state index in [2.05, 4.69) is 10.6 Å². The summed E-state index contributed by atoms with van der Waals surface area (Å²) in [5.41, 5.74) is 2.38. The zero-order valence-electron chi connectivity index (χ0n) is 18.8. The van der Waals surface area contributed by atoms with Gasteiger partial charge in [0.1, 0.15) is 23.8 Å². The molecule has 2 amide bonds. The number of rotatable bonds is 7. The Morgan fingerprint density at radius 1 is 1.15 bits per heavy atom. The van der Waals surface area contributed by atoms with Crippen LogP contribution in [-0.2, 0) is 20.9 Å². The molecule has 34 heavy (non-hydrogen) atoms. The van der Waals surface area contributed by atoms with Gasteiger partial charge in [-0.2, -0.15) is 0 Å². The molecule has 0 unspecified atom stereocenters. The van der Waals surface area contributed by atoms with E-state index < -0.39 is 12.2 Å². The molecule has 2 aliphatic heterocycles. The largest absolute Gasteiger partial charge is 0.487 e. The Morgan fingerprint density at radius 2 is 2.00 bits per heavy atom. The van der Waals surface area contributed by atoms with Gasteiger partial charge in [-0.3, -0.25) is 9.59 Å². The number of anilines is 1. The molecule has 180 valence electrons. The molecule has 3 aliphatic rings. The molecule has 2 fully saturated rings. The summed E-state index contributed by atoms with van der Waals surface area (Å²) in [4.78, 5) is 24.9. The summed E-state index contributed by atoms with van der Waals surface area (Å²) in [6.45, 7) is 0.0105. The van der Waals surface area contributed by atoms with E-state index in [-0.39, 0.29) is 55.1 Å². The summed E-state index contributed by atoms with van der Waals surface area (Å²) in [6, 6.07) is 11.7. The number of nitrogens with one attached hydrogen (secondary N) is 2. The summed E-state index contributed by atoms with van der Waals surface area (Å²) in [6.07, 6.45) is 2.36. The predicted octanol–water partition coefficient (Wildman–Crippen LogP) is 3.27. The fourth-order valence-corrected chi connectivity index (χ4v) is 5.01. The molecule has 0 bridgehead atoms. The second-order valence-corrected chi connectivity index (χ2v) is 9.38. The van der Waals surface area contributed by atoms with Gasteiger partial charge in [0.15, 0.2) is 0 Å². The Kier molecular flexibility index (Phi) is 6.52. The second kappa shape index (κ2) is 9.72. The van der Waals surface area contributed by atoms with E-state index >= 15 is 0 Å².